The van der Waals surface area contributed by atoms with Crippen LogP contribution in [-0.2, 0) is 25.2 Å². The van der Waals surface area contributed by atoms with Crippen molar-refractivity contribution in [2.45, 2.75) is 124 Å². The molecule has 3 aliphatic carbocycles. The highest BCUT2D eigenvalue weighted by molar-refractivity contribution is 6.74. The van der Waals surface area contributed by atoms with Crippen molar-refractivity contribution in [3.8, 4) is 5.75 Å². The molecule has 38 heavy (non-hydrogen) atoms. The minimum atomic E-state index is -2.05. The van der Waals surface area contributed by atoms with Gasteiger partial charge >= 0.3 is 11.9 Å². The summed E-state index contributed by atoms with van der Waals surface area (Å²) in [5, 5.41) is 0.0946. The van der Waals surface area contributed by atoms with Crippen LogP contribution in [0.5, 0.6) is 5.75 Å². The Morgan fingerprint density at radius 2 is 1.68 bits per heavy atom. The smallest absolute Gasteiger partial charge is 0.313 e. The van der Waals surface area contributed by atoms with E-state index in [1.807, 2.05) is 33.8 Å². The number of carbonyl (C=O) groups excluding carboxylic acids is 2. The van der Waals surface area contributed by atoms with Crippen molar-refractivity contribution in [1.82, 2.24) is 0 Å². The Labute approximate surface area is 231 Å². The predicted molar refractivity (Wildman–Crippen MR) is 154 cm³/mol. The lowest BCUT2D eigenvalue weighted by molar-refractivity contribution is -0.167. The standard InChI is InChI=1S/C32H50O5Si/c1-19(2)29(33)35-22-12-14-23-21(17-22)11-13-25-24(23)15-16-32(8)26(25)18-27(28(32)36-30(34)20(3)4)37-38(9,10)31(5,6)7/h12,14,17,19-20,24-28H,11,13,15-16,18H2,1-10H3/t24-,25-,26+,27-,28+,32+/m1/s1. The van der Waals surface area contributed by atoms with E-state index in [0.29, 0.717) is 23.5 Å². The number of carbonyl (C=O) groups is 2. The van der Waals surface area contributed by atoms with Crippen molar-refractivity contribution in [2.75, 3.05) is 0 Å². The molecule has 0 aliphatic heterocycles. The van der Waals surface area contributed by atoms with Crippen LogP contribution in [0.15, 0.2) is 18.2 Å². The van der Waals surface area contributed by atoms with E-state index in [1.54, 1.807) is 0 Å². The maximum Gasteiger partial charge on any atom is 0.313 e. The minimum absolute atomic E-state index is 0.0495. The maximum atomic E-state index is 12.9. The first-order valence-corrected chi connectivity index (χ1v) is 17.7. The molecular weight excluding hydrogens is 492 g/mol. The zero-order chi connectivity index (χ0) is 28.2. The monoisotopic (exact) mass is 542 g/mol. The third-order valence-electron chi connectivity index (χ3n) is 10.3. The molecule has 212 valence electrons. The first kappa shape index (κ1) is 29.3. The van der Waals surface area contributed by atoms with E-state index in [2.05, 4.69) is 52.9 Å². The molecule has 6 atom stereocenters. The summed E-state index contributed by atoms with van der Waals surface area (Å²) in [5.74, 6) is 1.54. The number of benzene rings is 1. The summed E-state index contributed by atoms with van der Waals surface area (Å²) in [5.41, 5.74) is 2.65. The molecule has 1 aromatic rings. The van der Waals surface area contributed by atoms with Gasteiger partial charge in [-0.1, -0.05) is 61.5 Å². The van der Waals surface area contributed by atoms with Gasteiger partial charge in [-0.05, 0) is 91.2 Å². The molecule has 0 spiro atoms. The summed E-state index contributed by atoms with van der Waals surface area (Å²) in [6.45, 7) is 21.4. The lowest BCUT2D eigenvalue weighted by Crippen LogP contribution is -2.50. The Morgan fingerprint density at radius 3 is 2.29 bits per heavy atom. The van der Waals surface area contributed by atoms with Gasteiger partial charge in [0.15, 0.2) is 8.32 Å². The second-order valence-corrected chi connectivity index (χ2v) is 19.3. The number of hydrogen-bond acceptors (Lipinski definition) is 5. The summed E-state index contributed by atoms with van der Waals surface area (Å²) in [6.07, 6.45) is 4.91. The van der Waals surface area contributed by atoms with Gasteiger partial charge in [0.05, 0.1) is 17.9 Å². The van der Waals surface area contributed by atoms with Crippen LogP contribution in [-0.4, -0.2) is 32.5 Å². The molecule has 0 radical (unpaired) electrons. The van der Waals surface area contributed by atoms with Crippen molar-refractivity contribution in [1.29, 1.82) is 0 Å². The van der Waals surface area contributed by atoms with E-state index in [9.17, 15) is 9.59 Å². The van der Waals surface area contributed by atoms with E-state index in [4.69, 9.17) is 13.9 Å². The highest BCUT2D eigenvalue weighted by atomic mass is 28.4. The third kappa shape index (κ3) is 5.37. The maximum absolute atomic E-state index is 12.9. The molecule has 0 heterocycles. The lowest BCUT2D eigenvalue weighted by atomic mass is 9.55. The van der Waals surface area contributed by atoms with Gasteiger partial charge in [-0.3, -0.25) is 9.59 Å². The minimum Gasteiger partial charge on any atom is -0.459 e. The van der Waals surface area contributed by atoms with Crippen molar-refractivity contribution in [3.63, 3.8) is 0 Å². The van der Waals surface area contributed by atoms with Gasteiger partial charge in [0.1, 0.15) is 11.9 Å². The Morgan fingerprint density at radius 1 is 1.03 bits per heavy atom. The number of rotatable bonds is 6. The zero-order valence-electron chi connectivity index (χ0n) is 25.4. The van der Waals surface area contributed by atoms with Crippen LogP contribution >= 0.6 is 0 Å². The van der Waals surface area contributed by atoms with Gasteiger partial charge in [0.2, 0.25) is 0 Å². The van der Waals surface area contributed by atoms with E-state index in [0.717, 1.165) is 32.1 Å². The highest BCUT2D eigenvalue weighted by Crippen LogP contribution is 2.62. The SMILES string of the molecule is CC(C)C(=O)Oc1ccc2c(c1)CC[C@@H]1[C@@H]2CC[C@@]2(C)[C@H]1C[C@@H](O[Si](C)(C)C(C)(C)C)[C@@H]2OC(=O)C(C)C. The fourth-order valence-electron chi connectivity index (χ4n) is 6.94. The van der Waals surface area contributed by atoms with E-state index in [-0.39, 0.29) is 46.4 Å². The number of ether oxygens (including phenoxy) is 2. The largest absolute Gasteiger partial charge is 0.459 e. The van der Waals surface area contributed by atoms with E-state index >= 15 is 0 Å². The van der Waals surface area contributed by atoms with Crippen LogP contribution in [0.1, 0.15) is 98.1 Å². The van der Waals surface area contributed by atoms with E-state index < -0.39 is 8.32 Å². The predicted octanol–water partition coefficient (Wildman–Crippen LogP) is 7.67. The van der Waals surface area contributed by atoms with Crippen molar-refractivity contribution < 1.29 is 23.5 Å². The lowest BCUT2D eigenvalue weighted by Gasteiger charge is -2.50. The van der Waals surface area contributed by atoms with Gasteiger partial charge in [-0.25, -0.2) is 0 Å². The average Bonchev–Trinajstić information content (AvgIpc) is 3.08. The molecule has 2 fully saturated rings. The number of esters is 2. The highest BCUT2D eigenvalue weighted by Gasteiger charge is 2.61. The third-order valence-corrected chi connectivity index (χ3v) is 14.8. The van der Waals surface area contributed by atoms with Crippen molar-refractivity contribution >= 4 is 20.3 Å². The molecule has 0 unspecified atom stereocenters. The summed E-state index contributed by atoms with van der Waals surface area (Å²) in [6, 6.07) is 6.26. The quantitative estimate of drug-likeness (QED) is 0.210. The Hall–Kier alpha value is -1.66. The molecule has 1 aromatic carbocycles. The molecule has 5 nitrogen and oxygen atoms in total. The molecule has 0 N–H and O–H groups in total. The normalized spacial score (nSPS) is 31.0. The summed E-state index contributed by atoms with van der Waals surface area (Å²) in [4.78, 5) is 25.1. The Kier molecular flexibility index (Phi) is 8.01. The van der Waals surface area contributed by atoms with Gasteiger partial charge < -0.3 is 13.9 Å². The molecule has 6 heteroatoms. The van der Waals surface area contributed by atoms with Gasteiger partial charge in [0, 0.05) is 5.41 Å². The van der Waals surface area contributed by atoms with Crippen LogP contribution in [0.2, 0.25) is 18.1 Å². The first-order chi connectivity index (χ1) is 17.5. The molecule has 0 bridgehead atoms. The summed E-state index contributed by atoms with van der Waals surface area (Å²) < 4.78 is 19.0. The molecule has 0 aromatic heterocycles. The number of hydrogen-bond donors (Lipinski definition) is 0. The van der Waals surface area contributed by atoms with Crippen LogP contribution in [0.25, 0.3) is 0 Å². The molecule has 4 rings (SSSR count). The van der Waals surface area contributed by atoms with Crippen LogP contribution in [0.4, 0.5) is 0 Å². The summed E-state index contributed by atoms with van der Waals surface area (Å²) >= 11 is 0. The second-order valence-electron chi connectivity index (χ2n) is 14.6. The average molecular weight is 543 g/mol. The molecule has 3 aliphatic rings. The number of aryl methyl sites for hydroxylation is 1. The van der Waals surface area contributed by atoms with E-state index in [1.165, 1.54) is 11.1 Å². The van der Waals surface area contributed by atoms with Crippen LogP contribution < -0.4 is 4.74 Å². The fourth-order valence-corrected chi connectivity index (χ4v) is 8.27. The number of fused-ring (bicyclic) bond motifs is 5. The fraction of sp³-hybridized carbons (Fsp3) is 0.750. The molecular formula is C32H50O5Si. The van der Waals surface area contributed by atoms with Gasteiger partial charge in [0.25, 0.3) is 0 Å². The summed E-state index contributed by atoms with van der Waals surface area (Å²) in [7, 11) is -2.05. The van der Waals surface area contributed by atoms with Crippen LogP contribution in [0, 0.1) is 29.1 Å². The molecule has 2 saturated carbocycles. The van der Waals surface area contributed by atoms with Gasteiger partial charge in [-0.15, -0.1) is 0 Å². The molecule has 0 amide bonds. The Balaban J connectivity index is 1.62. The topological polar surface area (TPSA) is 61.8 Å². The van der Waals surface area contributed by atoms with Crippen molar-refractivity contribution in [2.24, 2.45) is 29.1 Å². The molecule has 0 saturated heterocycles. The Bertz CT molecular complexity index is 1050. The zero-order valence-corrected chi connectivity index (χ0v) is 26.4. The van der Waals surface area contributed by atoms with Gasteiger partial charge in [-0.2, -0.15) is 0 Å². The van der Waals surface area contributed by atoms with Crippen LogP contribution in [0.3, 0.4) is 0 Å². The second kappa shape index (κ2) is 10.4. The first-order valence-electron chi connectivity index (χ1n) is 14.8. The van der Waals surface area contributed by atoms with Crippen molar-refractivity contribution in [3.05, 3.63) is 29.3 Å².